The smallest absolute Gasteiger partial charge is 0.335 e. The van der Waals surface area contributed by atoms with Crippen LogP contribution in [0, 0.1) is 6.92 Å². The van der Waals surface area contributed by atoms with E-state index in [2.05, 4.69) is 10.3 Å². The van der Waals surface area contributed by atoms with Crippen LogP contribution in [0.25, 0.3) is 6.08 Å². The van der Waals surface area contributed by atoms with Crippen molar-refractivity contribution in [3.05, 3.63) is 64.1 Å². The number of methoxy groups -OCH3 is 1. The van der Waals surface area contributed by atoms with Crippen LogP contribution in [0.3, 0.4) is 0 Å². The minimum absolute atomic E-state index is 0.199. The van der Waals surface area contributed by atoms with Crippen molar-refractivity contribution in [3.63, 3.8) is 0 Å². The maximum atomic E-state index is 12.2. The van der Waals surface area contributed by atoms with Gasteiger partial charge in [-0.15, -0.1) is 0 Å². The molecule has 132 valence electrons. The quantitative estimate of drug-likeness (QED) is 0.805. The third kappa shape index (κ3) is 3.94. The zero-order valence-electron chi connectivity index (χ0n) is 14.1. The highest BCUT2D eigenvalue weighted by atomic mass is 32.2. The molecule has 0 aliphatic carbocycles. The molecule has 0 radical (unpaired) electrons. The zero-order chi connectivity index (χ0) is 18.7. The molecule has 0 spiro atoms. The van der Waals surface area contributed by atoms with Gasteiger partial charge in [0.25, 0.3) is 5.91 Å². The van der Waals surface area contributed by atoms with Gasteiger partial charge in [0, 0.05) is 0 Å². The van der Waals surface area contributed by atoms with Crippen molar-refractivity contribution in [1.82, 2.24) is 5.32 Å². The molecule has 0 saturated carbocycles. The normalized spacial score (nSPS) is 16.8. The number of benzene rings is 2. The average molecular weight is 368 g/mol. The van der Waals surface area contributed by atoms with Crippen LogP contribution in [0.4, 0.5) is 5.69 Å². The van der Waals surface area contributed by atoms with Crippen LogP contribution in [0.1, 0.15) is 21.5 Å². The van der Waals surface area contributed by atoms with Crippen LogP contribution < -0.4 is 10.1 Å². The molecule has 2 N–H and O–H groups in total. The van der Waals surface area contributed by atoms with E-state index in [-0.39, 0.29) is 11.5 Å². The average Bonchev–Trinajstić information content (AvgIpc) is 2.95. The maximum absolute atomic E-state index is 12.2. The Hall–Kier alpha value is -3.06. The Morgan fingerprint density at radius 2 is 1.96 bits per heavy atom. The van der Waals surface area contributed by atoms with E-state index in [9.17, 15) is 9.59 Å². The fourth-order valence-corrected chi connectivity index (χ4v) is 3.19. The first-order chi connectivity index (χ1) is 12.5. The summed E-state index contributed by atoms with van der Waals surface area (Å²) in [6.07, 6.45) is 1.70. The molecule has 1 heterocycles. The molecule has 6 nitrogen and oxygen atoms in total. The molecule has 1 amide bonds. The van der Waals surface area contributed by atoms with Gasteiger partial charge in [0.2, 0.25) is 0 Å². The summed E-state index contributed by atoms with van der Waals surface area (Å²) >= 11 is 1.22. The lowest BCUT2D eigenvalue weighted by atomic mass is 10.1. The first-order valence-electron chi connectivity index (χ1n) is 7.74. The van der Waals surface area contributed by atoms with Crippen molar-refractivity contribution >= 4 is 40.6 Å². The van der Waals surface area contributed by atoms with Crippen LogP contribution in [-0.2, 0) is 4.79 Å². The number of ether oxygens (including phenoxy) is 1. The number of amidine groups is 1. The number of aryl methyl sites for hydroxylation is 1. The lowest BCUT2D eigenvalue weighted by Gasteiger charge is -2.05. The predicted octanol–water partition coefficient (Wildman–Crippen LogP) is 3.59. The Bertz CT molecular complexity index is 933. The number of nitrogens with zero attached hydrogens (tertiary/aromatic N) is 1. The summed E-state index contributed by atoms with van der Waals surface area (Å²) < 4.78 is 5.30. The summed E-state index contributed by atoms with van der Waals surface area (Å²) in [6, 6.07) is 11.9. The Morgan fingerprint density at radius 1 is 1.23 bits per heavy atom. The molecule has 1 fully saturated rings. The third-order valence-electron chi connectivity index (χ3n) is 3.66. The Labute approximate surface area is 154 Å². The second kappa shape index (κ2) is 7.45. The van der Waals surface area contributed by atoms with E-state index < -0.39 is 5.97 Å². The van der Waals surface area contributed by atoms with E-state index in [4.69, 9.17) is 9.84 Å². The molecule has 7 heteroatoms. The van der Waals surface area contributed by atoms with Crippen molar-refractivity contribution in [2.75, 3.05) is 7.11 Å². The van der Waals surface area contributed by atoms with Crippen LogP contribution in [0.2, 0.25) is 0 Å². The van der Waals surface area contributed by atoms with Gasteiger partial charge in [-0.05, 0) is 60.2 Å². The van der Waals surface area contributed by atoms with Crippen molar-refractivity contribution in [2.24, 2.45) is 4.99 Å². The van der Waals surface area contributed by atoms with Gasteiger partial charge in [-0.25, -0.2) is 9.79 Å². The minimum atomic E-state index is -0.987. The SMILES string of the molecule is COc1ccc(C)cc1N=C1NC(=O)C(=Cc2ccc(C(=O)O)cc2)S1. The van der Waals surface area contributed by atoms with E-state index in [0.717, 1.165) is 11.1 Å². The molecule has 1 aliphatic rings. The highest BCUT2D eigenvalue weighted by Crippen LogP contribution is 2.32. The van der Waals surface area contributed by atoms with E-state index in [1.54, 1.807) is 25.3 Å². The number of carboxylic acids is 1. The van der Waals surface area contributed by atoms with Gasteiger partial charge in [-0.1, -0.05) is 18.2 Å². The van der Waals surface area contributed by atoms with E-state index in [0.29, 0.717) is 21.5 Å². The van der Waals surface area contributed by atoms with Crippen molar-refractivity contribution < 1.29 is 19.4 Å². The summed E-state index contributed by atoms with van der Waals surface area (Å²) in [5.41, 5.74) is 2.61. The number of carbonyl (C=O) groups is 2. The number of hydrogen-bond acceptors (Lipinski definition) is 5. The summed E-state index contributed by atoms with van der Waals surface area (Å²) in [6.45, 7) is 1.95. The van der Waals surface area contributed by atoms with Gasteiger partial charge in [-0.3, -0.25) is 4.79 Å². The number of carboxylic acid groups (broad SMARTS) is 1. The molecule has 1 aliphatic heterocycles. The zero-order valence-corrected chi connectivity index (χ0v) is 15.0. The molecule has 3 rings (SSSR count). The number of amides is 1. The second-order valence-electron chi connectivity index (χ2n) is 5.58. The van der Waals surface area contributed by atoms with Crippen LogP contribution in [0.15, 0.2) is 52.4 Å². The van der Waals surface area contributed by atoms with Gasteiger partial charge in [0.05, 0.1) is 17.6 Å². The van der Waals surface area contributed by atoms with Crippen molar-refractivity contribution in [1.29, 1.82) is 0 Å². The van der Waals surface area contributed by atoms with Gasteiger partial charge in [0.1, 0.15) is 11.4 Å². The molecule has 1 saturated heterocycles. The number of rotatable bonds is 4. The number of aromatic carboxylic acids is 1. The topological polar surface area (TPSA) is 88.0 Å². The Balaban J connectivity index is 1.84. The van der Waals surface area contributed by atoms with Crippen molar-refractivity contribution in [2.45, 2.75) is 6.92 Å². The fraction of sp³-hybridized carbons (Fsp3) is 0.105. The molecule has 26 heavy (non-hydrogen) atoms. The largest absolute Gasteiger partial charge is 0.494 e. The molecule has 0 bridgehead atoms. The maximum Gasteiger partial charge on any atom is 0.335 e. The van der Waals surface area contributed by atoms with Gasteiger partial charge >= 0.3 is 5.97 Å². The highest BCUT2D eigenvalue weighted by molar-refractivity contribution is 8.18. The molecular formula is C19H16N2O4S. The monoisotopic (exact) mass is 368 g/mol. The predicted molar refractivity (Wildman–Crippen MR) is 102 cm³/mol. The highest BCUT2D eigenvalue weighted by Gasteiger charge is 2.24. The Morgan fingerprint density at radius 3 is 2.62 bits per heavy atom. The van der Waals surface area contributed by atoms with E-state index in [1.807, 2.05) is 25.1 Å². The van der Waals surface area contributed by atoms with Crippen molar-refractivity contribution in [3.8, 4) is 5.75 Å². The summed E-state index contributed by atoms with van der Waals surface area (Å²) in [7, 11) is 1.57. The van der Waals surface area contributed by atoms with Crippen LogP contribution >= 0.6 is 11.8 Å². The minimum Gasteiger partial charge on any atom is -0.494 e. The molecule has 2 aromatic carbocycles. The van der Waals surface area contributed by atoms with Crippen LogP contribution in [0.5, 0.6) is 5.75 Å². The Kier molecular flexibility index (Phi) is 5.09. The number of aliphatic imine (C=N–C) groups is 1. The number of nitrogens with one attached hydrogen (secondary N) is 1. The molecule has 0 unspecified atom stereocenters. The first-order valence-corrected chi connectivity index (χ1v) is 8.55. The third-order valence-corrected chi connectivity index (χ3v) is 4.57. The van der Waals surface area contributed by atoms with Gasteiger partial charge in [0.15, 0.2) is 5.17 Å². The molecule has 2 aromatic rings. The van der Waals surface area contributed by atoms with Crippen LogP contribution in [-0.4, -0.2) is 29.3 Å². The van der Waals surface area contributed by atoms with Gasteiger partial charge in [-0.2, -0.15) is 0 Å². The number of hydrogen-bond donors (Lipinski definition) is 2. The van der Waals surface area contributed by atoms with E-state index in [1.165, 1.54) is 23.9 Å². The summed E-state index contributed by atoms with van der Waals surface area (Å²) in [5, 5.41) is 12.1. The number of thioether (sulfide) groups is 1. The summed E-state index contributed by atoms with van der Waals surface area (Å²) in [4.78, 5) is 28.0. The fourth-order valence-electron chi connectivity index (χ4n) is 2.35. The van der Waals surface area contributed by atoms with Gasteiger partial charge < -0.3 is 15.2 Å². The standard InChI is InChI=1S/C19H16N2O4S/c1-11-3-8-15(25-2)14(9-11)20-19-21-17(22)16(26-19)10-12-4-6-13(7-5-12)18(23)24/h3-10H,1-2H3,(H,23,24)(H,20,21,22). The van der Waals surface area contributed by atoms with E-state index >= 15 is 0 Å². The molecule has 0 aromatic heterocycles. The second-order valence-corrected chi connectivity index (χ2v) is 6.61. The lowest BCUT2D eigenvalue weighted by molar-refractivity contribution is -0.115. The lowest BCUT2D eigenvalue weighted by Crippen LogP contribution is -2.19. The molecule has 0 atom stereocenters. The number of carbonyl (C=O) groups excluding carboxylic acids is 1. The molecular weight excluding hydrogens is 352 g/mol. The summed E-state index contributed by atoms with van der Waals surface area (Å²) in [5.74, 6) is -0.610. The first kappa shape index (κ1) is 17.8.